The predicted octanol–water partition coefficient (Wildman–Crippen LogP) is 3.87. The largest absolute Gasteiger partial charge is 0.459 e. The van der Waals surface area contributed by atoms with E-state index >= 15 is 0 Å². The Kier molecular flexibility index (Phi) is 3.34. The Morgan fingerprint density at radius 3 is 2.71 bits per heavy atom. The molecule has 0 aliphatic rings. The number of fused-ring (bicyclic) bond motifs is 2. The van der Waals surface area contributed by atoms with E-state index in [-0.39, 0.29) is 11.6 Å². The number of nitrogens with one attached hydrogen (secondary N) is 1. The summed E-state index contributed by atoms with van der Waals surface area (Å²) in [5.41, 5.74) is 1.40. The first-order valence-corrected chi connectivity index (χ1v) is 7.84. The van der Waals surface area contributed by atoms with Crippen molar-refractivity contribution in [2.75, 3.05) is 11.9 Å². The van der Waals surface area contributed by atoms with Gasteiger partial charge in [-0.05, 0) is 31.2 Å². The molecule has 2 heterocycles. The second-order valence-corrected chi connectivity index (χ2v) is 5.88. The molecule has 5 nitrogen and oxygen atoms in total. The molecule has 0 bridgehead atoms. The molecule has 120 valence electrons. The second-order valence-electron chi connectivity index (χ2n) is 5.88. The number of nitrogens with zero attached hydrogens (tertiary/aromatic N) is 2. The molecule has 0 saturated heterocycles. The number of hydrogen-bond donors (Lipinski definition) is 1. The first-order chi connectivity index (χ1) is 11.6. The molecule has 5 heteroatoms. The monoisotopic (exact) mass is 319 g/mol. The molecule has 0 aliphatic carbocycles. The molecule has 4 rings (SSSR count). The van der Waals surface area contributed by atoms with Crippen molar-refractivity contribution < 1.29 is 4.42 Å². The van der Waals surface area contributed by atoms with E-state index in [9.17, 15) is 4.79 Å². The van der Waals surface area contributed by atoms with Crippen LogP contribution in [0.1, 0.15) is 18.7 Å². The van der Waals surface area contributed by atoms with Gasteiger partial charge in [0.05, 0.1) is 16.9 Å². The quantitative estimate of drug-likeness (QED) is 0.623. The highest BCUT2D eigenvalue weighted by molar-refractivity contribution is 5.79. The highest BCUT2D eigenvalue weighted by Gasteiger charge is 2.19. The van der Waals surface area contributed by atoms with Gasteiger partial charge < -0.3 is 9.32 Å². The van der Waals surface area contributed by atoms with Crippen molar-refractivity contribution in [3.8, 4) is 0 Å². The summed E-state index contributed by atoms with van der Waals surface area (Å²) in [4.78, 5) is 21.6. The molecule has 2 aromatic carbocycles. The van der Waals surface area contributed by atoms with E-state index in [0.717, 1.165) is 16.7 Å². The van der Waals surface area contributed by atoms with Crippen molar-refractivity contribution >= 4 is 27.8 Å². The molecule has 1 N–H and O–H groups in total. The van der Waals surface area contributed by atoms with Crippen LogP contribution in [0, 0.1) is 0 Å². The van der Waals surface area contributed by atoms with Gasteiger partial charge in [0.1, 0.15) is 11.3 Å². The minimum absolute atomic E-state index is 0.0679. The number of H-pyrrole nitrogens is 1. The van der Waals surface area contributed by atoms with E-state index in [1.807, 2.05) is 67.4 Å². The van der Waals surface area contributed by atoms with Crippen LogP contribution in [0.4, 0.5) is 5.95 Å². The van der Waals surface area contributed by atoms with Crippen LogP contribution in [0.2, 0.25) is 0 Å². The summed E-state index contributed by atoms with van der Waals surface area (Å²) in [6.07, 6.45) is 0. The highest BCUT2D eigenvalue weighted by atomic mass is 16.3. The number of rotatable bonds is 3. The Balaban J connectivity index is 1.74. The fourth-order valence-electron chi connectivity index (χ4n) is 2.82. The Morgan fingerprint density at radius 2 is 1.88 bits per heavy atom. The van der Waals surface area contributed by atoms with Crippen LogP contribution in [0.25, 0.3) is 21.9 Å². The molecule has 0 fully saturated rings. The maximum absolute atomic E-state index is 12.3. The lowest BCUT2D eigenvalue weighted by molar-refractivity contribution is 0.499. The predicted molar refractivity (Wildman–Crippen MR) is 95.4 cm³/mol. The van der Waals surface area contributed by atoms with Gasteiger partial charge in [-0.2, -0.15) is 0 Å². The summed E-state index contributed by atoms with van der Waals surface area (Å²) >= 11 is 0. The molecular formula is C19H17N3O2. The van der Waals surface area contributed by atoms with Gasteiger partial charge in [0, 0.05) is 12.4 Å². The third kappa shape index (κ3) is 2.34. The summed E-state index contributed by atoms with van der Waals surface area (Å²) in [5, 5.41) is 1.65. The van der Waals surface area contributed by atoms with Crippen molar-refractivity contribution in [2.24, 2.45) is 0 Å². The van der Waals surface area contributed by atoms with Crippen molar-refractivity contribution in [3.05, 3.63) is 70.7 Å². The Labute approximate surface area is 138 Å². The average Bonchev–Trinajstić information content (AvgIpc) is 3.04. The van der Waals surface area contributed by atoms with Crippen LogP contribution >= 0.6 is 0 Å². The molecule has 0 aliphatic heterocycles. The number of para-hydroxylation sites is 2. The zero-order valence-corrected chi connectivity index (χ0v) is 13.5. The van der Waals surface area contributed by atoms with Crippen molar-refractivity contribution in [1.82, 2.24) is 9.97 Å². The fraction of sp³-hybridized carbons (Fsp3) is 0.158. The molecule has 0 amide bonds. The highest BCUT2D eigenvalue weighted by Crippen LogP contribution is 2.28. The van der Waals surface area contributed by atoms with Gasteiger partial charge in [0.25, 0.3) is 5.56 Å². The fourth-order valence-corrected chi connectivity index (χ4v) is 2.82. The van der Waals surface area contributed by atoms with E-state index in [0.29, 0.717) is 16.9 Å². The summed E-state index contributed by atoms with van der Waals surface area (Å²) in [7, 11) is 1.89. The molecule has 2 aromatic heterocycles. The molecular weight excluding hydrogens is 302 g/mol. The van der Waals surface area contributed by atoms with Crippen LogP contribution in [0.15, 0.2) is 63.8 Å². The third-order valence-corrected chi connectivity index (χ3v) is 4.37. The topological polar surface area (TPSA) is 62.1 Å². The van der Waals surface area contributed by atoms with Gasteiger partial charge in [-0.3, -0.25) is 9.78 Å². The zero-order valence-electron chi connectivity index (χ0n) is 13.5. The van der Waals surface area contributed by atoms with E-state index in [1.54, 1.807) is 6.07 Å². The van der Waals surface area contributed by atoms with Crippen molar-refractivity contribution in [3.63, 3.8) is 0 Å². The molecule has 4 aromatic rings. The van der Waals surface area contributed by atoms with Crippen LogP contribution in [0.5, 0.6) is 0 Å². The molecule has 0 radical (unpaired) electrons. The molecule has 24 heavy (non-hydrogen) atoms. The van der Waals surface area contributed by atoms with Crippen molar-refractivity contribution in [1.29, 1.82) is 0 Å². The van der Waals surface area contributed by atoms with Gasteiger partial charge >= 0.3 is 0 Å². The lowest BCUT2D eigenvalue weighted by Gasteiger charge is -2.23. The van der Waals surface area contributed by atoms with Gasteiger partial charge in [-0.15, -0.1) is 0 Å². The Bertz CT molecular complexity index is 1050. The Hall–Kier alpha value is -3.08. The number of anilines is 1. The molecule has 0 spiro atoms. The maximum atomic E-state index is 12.3. The number of aromatic amines is 1. The standard InChI is InChI=1S/C19H17N3O2/c1-12(17-11-13-7-3-6-10-16(13)24-17)22(2)19-20-15-9-5-4-8-14(15)18(23)21-19/h3-12H,1-2H3,(H,20,21,23). The van der Waals surface area contributed by atoms with Gasteiger partial charge in [0.2, 0.25) is 5.95 Å². The van der Waals surface area contributed by atoms with Crippen LogP contribution in [-0.2, 0) is 0 Å². The lowest BCUT2D eigenvalue weighted by Crippen LogP contribution is -2.26. The average molecular weight is 319 g/mol. The van der Waals surface area contributed by atoms with Gasteiger partial charge in [0.15, 0.2) is 0 Å². The second kappa shape index (κ2) is 5.53. The first-order valence-electron chi connectivity index (χ1n) is 7.84. The summed E-state index contributed by atoms with van der Waals surface area (Å²) in [6.45, 7) is 2.02. The summed E-state index contributed by atoms with van der Waals surface area (Å²) in [6, 6.07) is 17.2. The van der Waals surface area contributed by atoms with Crippen LogP contribution < -0.4 is 10.5 Å². The smallest absolute Gasteiger partial charge is 0.260 e. The SMILES string of the molecule is CC(c1cc2ccccc2o1)N(C)c1nc2ccccc2c(=O)[nH]1. The zero-order chi connectivity index (χ0) is 16.7. The maximum Gasteiger partial charge on any atom is 0.260 e. The number of aromatic nitrogens is 2. The summed E-state index contributed by atoms with van der Waals surface area (Å²) < 4.78 is 5.93. The van der Waals surface area contributed by atoms with Crippen LogP contribution in [-0.4, -0.2) is 17.0 Å². The van der Waals surface area contributed by atoms with Crippen LogP contribution in [0.3, 0.4) is 0 Å². The molecule has 1 unspecified atom stereocenters. The van der Waals surface area contributed by atoms with Crippen molar-refractivity contribution in [2.45, 2.75) is 13.0 Å². The minimum Gasteiger partial charge on any atom is -0.459 e. The number of hydrogen-bond acceptors (Lipinski definition) is 4. The number of benzene rings is 2. The first kappa shape index (κ1) is 14.5. The minimum atomic E-state index is -0.140. The van der Waals surface area contributed by atoms with E-state index < -0.39 is 0 Å². The molecule has 0 saturated carbocycles. The normalized spacial score (nSPS) is 12.6. The summed E-state index contributed by atoms with van der Waals surface area (Å²) in [5.74, 6) is 1.35. The van der Waals surface area contributed by atoms with E-state index in [1.165, 1.54) is 0 Å². The van der Waals surface area contributed by atoms with Gasteiger partial charge in [-0.1, -0.05) is 30.3 Å². The van der Waals surface area contributed by atoms with E-state index in [2.05, 4.69) is 9.97 Å². The lowest BCUT2D eigenvalue weighted by atomic mass is 10.2. The van der Waals surface area contributed by atoms with E-state index in [4.69, 9.17) is 4.42 Å². The van der Waals surface area contributed by atoms with Gasteiger partial charge in [-0.25, -0.2) is 4.98 Å². The molecule has 1 atom stereocenters. The third-order valence-electron chi connectivity index (χ3n) is 4.37. The Morgan fingerprint density at radius 1 is 1.12 bits per heavy atom. The number of furan rings is 1.